The summed E-state index contributed by atoms with van der Waals surface area (Å²) in [4.78, 5) is 74.4. The highest BCUT2D eigenvalue weighted by atomic mass is 19.1. The number of carbonyl (C=O) groups is 5. The molecule has 3 N–H and O–H groups in total. The molecule has 340 valence electrons. The number of anilines is 3. The highest BCUT2D eigenvalue weighted by Crippen LogP contribution is 2.29. The smallest absolute Gasteiger partial charge is 0.407 e. The second kappa shape index (κ2) is 22.3. The Bertz CT molecular complexity index is 2190. The highest BCUT2D eigenvalue weighted by molar-refractivity contribution is 5.99. The molecule has 0 aromatic heterocycles. The molecule has 4 aromatic rings. The zero-order valence-corrected chi connectivity index (χ0v) is 37.3. The molecule has 2 aliphatic heterocycles. The number of hydrogen-bond donors (Lipinski definition) is 3. The van der Waals surface area contributed by atoms with Crippen molar-refractivity contribution in [1.29, 1.82) is 0 Å². The summed E-state index contributed by atoms with van der Waals surface area (Å²) in [6.07, 6.45) is 0.992. The largest absolute Gasteiger partial charge is 0.453 e. The molecule has 2 saturated heterocycles. The maximum absolute atomic E-state index is 14.1. The van der Waals surface area contributed by atoms with Gasteiger partial charge in [0.1, 0.15) is 30.0 Å². The minimum atomic E-state index is -1.03. The molecule has 5 atom stereocenters. The second-order valence-corrected chi connectivity index (χ2v) is 16.2. The second-order valence-electron chi connectivity index (χ2n) is 16.2. The quantitative estimate of drug-likeness (QED) is 0.0988. The minimum absolute atomic E-state index is 0.0637. The van der Waals surface area contributed by atoms with Gasteiger partial charge in [-0.05, 0) is 111 Å². The number of likely N-dealkylation sites (N-methyl/N-ethyl adjacent to an activating group) is 1. The number of hydrogen-bond acceptors (Lipinski definition) is 9. The third-order valence-corrected chi connectivity index (χ3v) is 12.2. The molecule has 0 radical (unpaired) electrons. The van der Waals surface area contributed by atoms with Crippen molar-refractivity contribution in [3.05, 3.63) is 126 Å². The van der Waals surface area contributed by atoms with Crippen molar-refractivity contribution in [2.24, 2.45) is 0 Å². The standard InChI is InChI=1S/C49H60FN7O7/c1-6-54(7-2)44(36-13-9-8-10-14-36)48(61)57-30-12-16-42(57)46(59)52-39-25-19-35(20-26-39)32-55(40-27-21-37(50)22-28-40)31-34-17-23-38(24-18-34)51-45(58)41-15-11-29-56(41)47(60)43(33(3)63-4)53-49(62)64-5/h8-10,13-14,17-28,33,41-44H,6-7,11-12,15-16,29-32H2,1-5H3,(H,51,58)(H,52,59)(H,53,62). The van der Waals surface area contributed by atoms with Gasteiger partial charge in [0.25, 0.3) is 0 Å². The van der Waals surface area contributed by atoms with Crippen LogP contribution >= 0.6 is 0 Å². The Labute approximate surface area is 375 Å². The van der Waals surface area contributed by atoms with Crippen LogP contribution in [-0.4, -0.2) is 109 Å². The molecular weight excluding hydrogens is 818 g/mol. The summed E-state index contributed by atoms with van der Waals surface area (Å²) < 4.78 is 24.1. The molecule has 14 nitrogen and oxygen atoms in total. The van der Waals surface area contributed by atoms with E-state index < -0.39 is 42.3 Å². The molecule has 5 unspecified atom stereocenters. The van der Waals surface area contributed by atoms with E-state index in [9.17, 15) is 28.4 Å². The van der Waals surface area contributed by atoms with Gasteiger partial charge in [-0.15, -0.1) is 0 Å². The first-order chi connectivity index (χ1) is 30.9. The molecule has 2 fully saturated rings. The fraction of sp³-hybridized carbons (Fsp3) is 0.408. The average Bonchev–Trinajstić information content (AvgIpc) is 4.02. The van der Waals surface area contributed by atoms with Crippen LogP contribution in [0.2, 0.25) is 0 Å². The Morgan fingerprint density at radius 2 is 1.20 bits per heavy atom. The lowest BCUT2D eigenvalue weighted by Gasteiger charge is -2.34. The fourth-order valence-electron chi connectivity index (χ4n) is 8.55. The molecule has 2 aliphatic rings. The third-order valence-electron chi connectivity index (χ3n) is 12.2. The van der Waals surface area contributed by atoms with Crippen LogP contribution in [0.25, 0.3) is 0 Å². The van der Waals surface area contributed by atoms with Crippen LogP contribution in [0.5, 0.6) is 0 Å². The van der Waals surface area contributed by atoms with Crippen molar-refractivity contribution in [3.63, 3.8) is 0 Å². The van der Waals surface area contributed by atoms with Crippen LogP contribution in [0.3, 0.4) is 0 Å². The number of benzene rings is 4. The fourth-order valence-corrected chi connectivity index (χ4v) is 8.55. The van der Waals surface area contributed by atoms with Gasteiger partial charge in [0, 0.05) is 50.4 Å². The van der Waals surface area contributed by atoms with E-state index in [0.29, 0.717) is 69.9 Å². The Morgan fingerprint density at radius 1 is 0.703 bits per heavy atom. The first-order valence-corrected chi connectivity index (χ1v) is 22.0. The van der Waals surface area contributed by atoms with Gasteiger partial charge in [-0.2, -0.15) is 0 Å². The first-order valence-electron chi connectivity index (χ1n) is 22.0. The number of nitrogens with one attached hydrogen (secondary N) is 3. The van der Waals surface area contributed by atoms with Gasteiger partial charge in [-0.3, -0.25) is 24.1 Å². The summed E-state index contributed by atoms with van der Waals surface area (Å²) in [7, 11) is 2.65. The van der Waals surface area contributed by atoms with Crippen LogP contribution in [0, 0.1) is 5.82 Å². The van der Waals surface area contributed by atoms with Crippen LogP contribution in [0.15, 0.2) is 103 Å². The Morgan fingerprint density at radius 3 is 1.67 bits per heavy atom. The Balaban J connectivity index is 1.09. The van der Waals surface area contributed by atoms with Crippen LogP contribution in [0.1, 0.15) is 69.2 Å². The zero-order valence-electron chi connectivity index (χ0n) is 37.3. The Kier molecular flexibility index (Phi) is 16.5. The summed E-state index contributed by atoms with van der Waals surface area (Å²) in [6.45, 7) is 8.94. The number of rotatable bonds is 18. The zero-order chi connectivity index (χ0) is 45.8. The monoisotopic (exact) mass is 877 g/mol. The minimum Gasteiger partial charge on any atom is -0.453 e. The van der Waals surface area contributed by atoms with Crippen LogP contribution in [-0.2, 0) is 41.7 Å². The molecular formula is C49H60FN7O7. The van der Waals surface area contributed by atoms with E-state index in [-0.39, 0.29) is 23.5 Å². The number of ether oxygens (including phenoxy) is 2. The Hall–Kier alpha value is -6.32. The number of amides is 5. The lowest BCUT2D eigenvalue weighted by Crippen LogP contribution is -2.56. The van der Waals surface area contributed by atoms with Gasteiger partial charge < -0.3 is 40.1 Å². The number of halogens is 1. The molecule has 0 saturated carbocycles. The van der Waals surface area contributed by atoms with E-state index in [0.717, 1.165) is 28.8 Å². The maximum Gasteiger partial charge on any atom is 0.407 e. The number of carbonyl (C=O) groups excluding carboxylic acids is 5. The average molecular weight is 878 g/mol. The summed E-state index contributed by atoms with van der Waals surface area (Å²) in [5.41, 5.74) is 4.77. The predicted molar refractivity (Wildman–Crippen MR) is 244 cm³/mol. The van der Waals surface area contributed by atoms with Crippen molar-refractivity contribution in [3.8, 4) is 0 Å². The van der Waals surface area contributed by atoms with Crippen molar-refractivity contribution < 1.29 is 37.8 Å². The van der Waals surface area contributed by atoms with E-state index in [1.54, 1.807) is 36.1 Å². The summed E-state index contributed by atoms with van der Waals surface area (Å²) in [5.74, 6) is -1.40. The van der Waals surface area contributed by atoms with Gasteiger partial charge >= 0.3 is 6.09 Å². The molecule has 6 rings (SSSR count). The van der Waals surface area contributed by atoms with Crippen molar-refractivity contribution in [1.82, 2.24) is 20.0 Å². The topological polar surface area (TPSA) is 153 Å². The molecule has 2 heterocycles. The SMILES string of the molecule is CCN(CC)C(C(=O)N1CCCC1C(=O)Nc1ccc(CN(Cc2ccc(NC(=O)C3CCCN3C(=O)C(NC(=O)OC)C(C)OC)cc2)c2ccc(F)cc2)cc1)c1ccccc1. The van der Waals surface area contributed by atoms with Gasteiger partial charge in [0.15, 0.2) is 0 Å². The van der Waals surface area contributed by atoms with Gasteiger partial charge in [0.05, 0.1) is 13.2 Å². The van der Waals surface area contributed by atoms with Gasteiger partial charge in [-0.1, -0.05) is 68.4 Å². The van der Waals surface area contributed by atoms with Crippen LogP contribution in [0.4, 0.5) is 26.2 Å². The third kappa shape index (κ3) is 11.6. The summed E-state index contributed by atoms with van der Waals surface area (Å²) in [6, 6.07) is 28.2. The van der Waals surface area contributed by atoms with Crippen molar-refractivity contribution in [2.45, 2.75) is 89.8 Å². The molecule has 4 aromatic carbocycles. The highest BCUT2D eigenvalue weighted by Gasteiger charge is 2.41. The molecule has 15 heteroatoms. The van der Waals surface area contributed by atoms with Crippen molar-refractivity contribution in [2.75, 3.05) is 55.9 Å². The number of nitrogens with zero attached hydrogens (tertiary/aromatic N) is 4. The molecule has 0 spiro atoms. The van der Waals surface area contributed by atoms with E-state index in [1.807, 2.05) is 80.6 Å². The number of methoxy groups -OCH3 is 2. The van der Waals surface area contributed by atoms with Crippen molar-refractivity contribution >= 4 is 46.8 Å². The normalized spacial score (nSPS) is 17.4. The molecule has 0 bridgehead atoms. The first kappa shape index (κ1) is 47.2. The summed E-state index contributed by atoms with van der Waals surface area (Å²) in [5, 5.41) is 8.53. The molecule has 5 amide bonds. The van der Waals surface area contributed by atoms with E-state index >= 15 is 0 Å². The molecule has 0 aliphatic carbocycles. The van der Waals surface area contributed by atoms with E-state index in [2.05, 4.69) is 25.8 Å². The maximum atomic E-state index is 14.1. The lowest BCUT2D eigenvalue weighted by atomic mass is 10.0. The predicted octanol–water partition coefficient (Wildman–Crippen LogP) is 6.73. The summed E-state index contributed by atoms with van der Waals surface area (Å²) >= 11 is 0. The van der Waals surface area contributed by atoms with E-state index in [4.69, 9.17) is 9.47 Å². The van der Waals surface area contributed by atoms with E-state index in [1.165, 1.54) is 31.3 Å². The van der Waals surface area contributed by atoms with Crippen LogP contribution < -0.4 is 20.9 Å². The number of likely N-dealkylation sites (tertiary alicyclic amines) is 2. The lowest BCUT2D eigenvalue weighted by molar-refractivity contribution is -0.141. The molecule has 64 heavy (non-hydrogen) atoms. The number of alkyl carbamates (subject to hydrolysis) is 1. The van der Waals surface area contributed by atoms with Gasteiger partial charge in [-0.25, -0.2) is 9.18 Å². The van der Waals surface area contributed by atoms with Gasteiger partial charge in [0.2, 0.25) is 23.6 Å².